The quantitative estimate of drug-likeness (QED) is 0.714. The zero-order chi connectivity index (χ0) is 17.5. The SMILES string of the molecule is COc1ccc(Br)c(CNCC(=O)O)c1OCc1ccccc1F. The Kier molecular flexibility index (Phi) is 6.57. The van der Waals surface area contributed by atoms with E-state index < -0.39 is 5.97 Å². The number of hydrogen-bond donors (Lipinski definition) is 2. The molecule has 0 radical (unpaired) electrons. The van der Waals surface area contributed by atoms with Crippen molar-refractivity contribution in [2.45, 2.75) is 13.2 Å². The lowest BCUT2D eigenvalue weighted by Crippen LogP contribution is -2.22. The molecule has 0 saturated carbocycles. The third kappa shape index (κ3) is 4.69. The van der Waals surface area contributed by atoms with Crippen LogP contribution in [0.15, 0.2) is 40.9 Å². The average molecular weight is 398 g/mol. The molecule has 128 valence electrons. The molecule has 0 aliphatic carbocycles. The van der Waals surface area contributed by atoms with E-state index in [2.05, 4.69) is 21.2 Å². The predicted molar refractivity (Wildman–Crippen MR) is 90.8 cm³/mol. The number of aliphatic carboxylic acids is 1. The van der Waals surface area contributed by atoms with E-state index in [0.29, 0.717) is 22.6 Å². The van der Waals surface area contributed by atoms with E-state index in [-0.39, 0.29) is 25.5 Å². The van der Waals surface area contributed by atoms with Crippen molar-refractivity contribution in [3.8, 4) is 11.5 Å². The first-order valence-corrected chi connectivity index (χ1v) is 7.96. The molecule has 2 aromatic rings. The number of ether oxygens (including phenoxy) is 2. The first-order chi connectivity index (χ1) is 11.5. The van der Waals surface area contributed by atoms with Crippen LogP contribution in [0.4, 0.5) is 4.39 Å². The molecule has 0 aliphatic heterocycles. The maximum atomic E-state index is 13.7. The molecule has 0 heterocycles. The molecule has 0 bridgehead atoms. The minimum Gasteiger partial charge on any atom is -0.493 e. The van der Waals surface area contributed by atoms with E-state index in [4.69, 9.17) is 14.6 Å². The Labute approximate surface area is 147 Å². The molecule has 0 amide bonds. The van der Waals surface area contributed by atoms with Crippen molar-refractivity contribution in [3.63, 3.8) is 0 Å². The lowest BCUT2D eigenvalue weighted by atomic mass is 10.1. The van der Waals surface area contributed by atoms with Gasteiger partial charge in [0.2, 0.25) is 0 Å². The van der Waals surface area contributed by atoms with E-state index in [9.17, 15) is 9.18 Å². The van der Waals surface area contributed by atoms with Gasteiger partial charge in [0.15, 0.2) is 11.5 Å². The first-order valence-electron chi connectivity index (χ1n) is 7.17. The summed E-state index contributed by atoms with van der Waals surface area (Å²) in [4.78, 5) is 10.7. The first kappa shape index (κ1) is 18.2. The molecule has 2 N–H and O–H groups in total. The van der Waals surface area contributed by atoms with Crippen molar-refractivity contribution in [2.75, 3.05) is 13.7 Å². The summed E-state index contributed by atoms with van der Waals surface area (Å²) >= 11 is 3.42. The van der Waals surface area contributed by atoms with Crippen molar-refractivity contribution >= 4 is 21.9 Å². The molecule has 7 heteroatoms. The summed E-state index contributed by atoms with van der Waals surface area (Å²) in [6.45, 7) is 0.110. The number of halogens is 2. The van der Waals surface area contributed by atoms with Crippen LogP contribution in [0.2, 0.25) is 0 Å². The van der Waals surface area contributed by atoms with Crippen LogP contribution in [0.5, 0.6) is 11.5 Å². The number of rotatable bonds is 8. The van der Waals surface area contributed by atoms with Crippen LogP contribution in [0.1, 0.15) is 11.1 Å². The van der Waals surface area contributed by atoms with Gasteiger partial charge in [0, 0.05) is 22.1 Å². The third-order valence-corrected chi connectivity index (χ3v) is 4.04. The molecule has 2 aromatic carbocycles. The smallest absolute Gasteiger partial charge is 0.317 e. The van der Waals surface area contributed by atoms with Crippen molar-refractivity contribution in [2.24, 2.45) is 0 Å². The van der Waals surface area contributed by atoms with Crippen molar-refractivity contribution in [1.29, 1.82) is 0 Å². The molecule has 2 rings (SSSR count). The minimum atomic E-state index is -0.956. The Morgan fingerprint density at radius 3 is 2.71 bits per heavy atom. The van der Waals surface area contributed by atoms with Gasteiger partial charge in [-0.2, -0.15) is 0 Å². The molecular weight excluding hydrogens is 381 g/mol. The van der Waals surface area contributed by atoms with Gasteiger partial charge >= 0.3 is 5.97 Å². The molecule has 0 aromatic heterocycles. The predicted octanol–water partition coefficient (Wildman–Crippen LogP) is 3.35. The summed E-state index contributed by atoms with van der Waals surface area (Å²) in [5.74, 6) is -0.380. The Hall–Kier alpha value is -2.12. The number of hydrogen-bond acceptors (Lipinski definition) is 4. The standard InChI is InChI=1S/C17H17BrFNO4/c1-23-15-7-6-13(18)12(8-20-9-16(21)22)17(15)24-10-11-4-2-3-5-14(11)19/h2-7,20H,8-10H2,1H3,(H,21,22). The van der Waals surface area contributed by atoms with E-state index in [1.807, 2.05) is 0 Å². The fourth-order valence-corrected chi connectivity index (χ4v) is 2.58. The maximum Gasteiger partial charge on any atom is 0.317 e. The molecule has 0 atom stereocenters. The van der Waals surface area contributed by atoms with Crippen LogP contribution in [-0.2, 0) is 17.9 Å². The number of carboxylic acids is 1. The van der Waals surface area contributed by atoms with Crippen LogP contribution in [0.25, 0.3) is 0 Å². The van der Waals surface area contributed by atoms with Gasteiger partial charge in [0.1, 0.15) is 12.4 Å². The number of carbonyl (C=O) groups is 1. The summed E-state index contributed by atoms with van der Waals surface area (Å²) in [6.07, 6.45) is 0. The highest BCUT2D eigenvalue weighted by molar-refractivity contribution is 9.10. The second kappa shape index (κ2) is 8.65. The van der Waals surface area contributed by atoms with Crippen molar-refractivity contribution in [3.05, 3.63) is 57.8 Å². The van der Waals surface area contributed by atoms with Crippen LogP contribution in [0.3, 0.4) is 0 Å². The van der Waals surface area contributed by atoms with Crippen LogP contribution in [-0.4, -0.2) is 24.7 Å². The van der Waals surface area contributed by atoms with Crippen LogP contribution >= 0.6 is 15.9 Å². The summed E-state index contributed by atoms with van der Waals surface area (Å²) in [7, 11) is 1.51. The van der Waals surface area contributed by atoms with Crippen LogP contribution < -0.4 is 14.8 Å². The monoisotopic (exact) mass is 397 g/mol. The fraction of sp³-hybridized carbons (Fsp3) is 0.235. The van der Waals surface area contributed by atoms with Gasteiger partial charge in [-0.3, -0.25) is 4.79 Å². The Morgan fingerprint density at radius 1 is 1.29 bits per heavy atom. The number of nitrogens with one attached hydrogen (secondary N) is 1. The molecular formula is C17H17BrFNO4. The zero-order valence-corrected chi connectivity index (χ0v) is 14.6. The highest BCUT2D eigenvalue weighted by atomic mass is 79.9. The average Bonchev–Trinajstić information content (AvgIpc) is 2.56. The highest BCUT2D eigenvalue weighted by Crippen LogP contribution is 2.36. The number of methoxy groups -OCH3 is 1. The third-order valence-electron chi connectivity index (χ3n) is 3.29. The van der Waals surface area contributed by atoms with Gasteiger partial charge in [-0.05, 0) is 18.2 Å². The highest BCUT2D eigenvalue weighted by Gasteiger charge is 2.15. The fourth-order valence-electron chi connectivity index (χ4n) is 2.13. The van der Waals surface area contributed by atoms with Gasteiger partial charge in [-0.25, -0.2) is 4.39 Å². The van der Waals surface area contributed by atoms with Crippen molar-refractivity contribution in [1.82, 2.24) is 5.32 Å². The molecule has 0 fully saturated rings. The largest absolute Gasteiger partial charge is 0.493 e. The Bertz CT molecular complexity index is 724. The van der Waals surface area contributed by atoms with E-state index in [0.717, 1.165) is 4.47 Å². The summed E-state index contributed by atoms with van der Waals surface area (Å²) < 4.78 is 25.6. The van der Waals surface area contributed by atoms with E-state index >= 15 is 0 Å². The Morgan fingerprint density at radius 2 is 2.04 bits per heavy atom. The lowest BCUT2D eigenvalue weighted by molar-refractivity contribution is -0.136. The molecule has 0 unspecified atom stereocenters. The van der Waals surface area contributed by atoms with E-state index in [1.54, 1.807) is 30.3 Å². The van der Waals surface area contributed by atoms with Gasteiger partial charge < -0.3 is 19.9 Å². The van der Waals surface area contributed by atoms with Gasteiger partial charge in [-0.1, -0.05) is 34.1 Å². The lowest BCUT2D eigenvalue weighted by Gasteiger charge is -2.17. The molecule has 0 aliphatic rings. The molecule has 0 spiro atoms. The van der Waals surface area contributed by atoms with Gasteiger partial charge in [-0.15, -0.1) is 0 Å². The maximum absolute atomic E-state index is 13.7. The van der Waals surface area contributed by atoms with Crippen LogP contribution in [0, 0.1) is 5.82 Å². The molecule has 24 heavy (non-hydrogen) atoms. The number of carboxylic acid groups (broad SMARTS) is 1. The van der Waals surface area contributed by atoms with Crippen molar-refractivity contribution < 1.29 is 23.8 Å². The second-order valence-corrected chi connectivity index (χ2v) is 5.79. The second-order valence-electron chi connectivity index (χ2n) is 4.93. The summed E-state index contributed by atoms with van der Waals surface area (Å²) in [5, 5.41) is 11.5. The topological polar surface area (TPSA) is 67.8 Å². The van der Waals surface area contributed by atoms with Gasteiger partial charge in [0.05, 0.1) is 13.7 Å². The van der Waals surface area contributed by atoms with E-state index in [1.165, 1.54) is 13.2 Å². The zero-order valence-electron chi connectivity index (χ0n) is 13.0. The Balaban J connectivity index is 2.23. The van der Waals surface area contributed by atoms with Gasteiger partial charge in [0.25, 0.3) is 0 Å². The normalized spacial score (nSPS) is 10.5. The molecule has 0 saturated heterocycles. The summed E-state index contributed by atoms with van der Waals surface area (Å²) in [6, 6.07) is 9.86. The summed E-state index contributed by atoms with van der Waals surface area (Å²) in [5.41, 5.74) is 1.12. The minimum absolute atomic E-state index is 0.0332. The number of benzene rings is 2. The molecule has 5 nitrogen and oxygen atoms in total.